The van der Waals surface area contributed by atoms with E-state index < -0.39 is 11.4 Å². The number of benzene rings is 1. The van der Waals surface area contributed by atoms with Crippen LogP contribution in [0.3, 0.4) is 0 Å². The molecular weight excluding hydrogens is 373 g/mol. The Balaban J connectivity index is 1.94. The summed E-state index contributed by atoms with van der Waals surface area (Å²) in [5, 5.41) is 5.39. The zero-order valence-corrected chi connectivity index (χ0v) is 17.5. The quantitative estimate of drug-likeness (QED) is 0.360. The Morgan fingerprint density at radius 3 is 2.79 bits per heavy atom. The lowest BCUT2D eigenvalue weighted by molar-refractivity contribution is 0.492. The second kappa shape index (κ2) is 10.3. The number of nitrogens with two attached hydrogens (primary N) is 1. The first-order valence-electron chi connectivity index (χ1n) is 9.15. The third kappa shape index (κ3) is 7.03. The van der Waals surface area contributed by atoms with Gasteiger partial charge in [0, 0.05) is 29.7 Å². The van der Waals surface area contributed by atoms with Crippen LogP contribution in [-0.4, -0.2) is 18.0 Å². The van der Waals surface area contributed by atoms with Crippen molar-refractivity contribution in [2.24, 2.45) is 10.7 Å². The van der Waals surface area contributed by atoms with E-state index in [9.17, 15) is 4.39 Å². The number of hydrogen-bond donors (Lipinski definition) is 2. The molecule has 6 heteroatoms. The Kier molecular flexibility index (Phi) is 8.11. The number of nitrogens with one attached hydrogen (secondary N) is 1. The van der Waals surface area contributed by atoms with Crippen molar-refractivity contribution in [3.8, 4) is 5.75 Å². The van der Waals surface area contributed by atoms with Crippen molar-refractivity contribution < 1.29 is 9.13 Å². The maximum absolute atomic E-state index is 14.4. The molecule has 3 N–H and O–H groups in total. The van der Waals surface area contributed by atoms with Gasteiger partial charge in [-0.2, -0.15) is 0 Å². The lowest BCUT2D eigenvalue weighted by Crippen LogP contribution is -2.33. The van der Waals surface area contributed by atoms with Crippen molar-refractivity contribution in [2.45, 2.75) is 39.3 Å². The maximum Gasteiger partial charge on any atom is 0.218 e. The van der Waals surface area contributed by atoms with Gasteiger partial charge in [-0.3, -0.25) is 0 Å². The Bertz CT molecular complexity index is 836. The van der Waals surface area contributed by atoms with Crippen molar-refractivity contribution in [3.05, 3.63) is 76.4 Å². The van der Waals surface area contributed by atoms with Crippen LogP contribution in [0.5, 0.6) is 5.75 Å². The molecule has 0 amide bonds. The Hall–Kier alpha value is -2.28. The lowest BCUT2D eigenvalue weighted by Gasteiger charge is -2.18. The highest BCUT2D eigenvalue weighted by Crippen LogP contribution is 2.19. The van der Waals surface area contributed by atoms with Crippen LogP contribution in [0.1, 0.15) is 31.2 Å². The largest absolute Gasteiger partial charge is 0.436 e. The molecule has 0 bridgehead atoms. The van der Waals surface area contributed by atoms with Crippen molar-refractivity contribution in [3.63, 3.8) is 0 Å². The number of halogens is 1. The number of ether oxygens (including phenoxy) is 1. The molecule has 0 aliphatic heterocycles. The minimum Gasteiger partial charge on any atom is -0.436 e. The predicted octanol–water partition coefficient (Wildman–Crippen LogP) is 4.82. The summed E-state index contributed by atoms with van der Waals surface area (Å²) >= 11 is 1.74. The van der Waals surface area contributed by atoms with Crippen LogP contribution in [0.15, 0.2) is 65.1 Å². The molecule has 0 aliphatic carbocycles. The summed E-state index contributed by atoms with van der Waals surface area (Å²) in [7, 11) is 0. The van der Waals surface area contributed by atoms with E-state index in [0.717, 1.165) is 24.1 Å². The van der Waals surface area contributed by atoms with Gasteiger partial charge in [0.05, 0.1) is 0 Å². The summed E-state index contributed by atoms with van der Waals surface area (Å²) < 4.78 is 19.9. The minimum atomic E-state index is -0.487. The minimum absolute atomic E-state index is 0.110. The van der Waals surface area contributed by atoms with Gasteiger partial charge in [0.2, 0.25) is 5.90 Å². The molecule has 150 valence electrons. The van der Waals surface area contributed by atoms with Crippen molar-refractivity contribution >= 4 is 17.2 Å². The van der Waals surface area contributed by atoms with E-state index in [4.69, 9.17) is 10.5 Å². The molecular formula is C22H28FN3OS. The molecule has 0 unspecified atom stereocenters. The second-order valence-corrected chi connectivity index (χ2v) is 8.11. The summed E-state index contributed by atoms with van der Waals surface area (Å²) in [6.07, 6.45) is 4.01. The van der Waals surface area contributed by atoms with Gasteiger partial charge in [-0.25, -0.2) is 9.38 Å². The molecule has 2 rings (SSSR count). The lowest BCUT2D eigenvalue weighted by atomic mass is 9.98. The van der Waals surface area contributed by atoms with Crippen molar-refractivity contribution in [1.29, 1.82) is 0 Å². The molecule has 0 saturated heterocycles. The molecule has 0 fully saturated rings. The molecule has 0 spiro atoms. The summed E-state index contributed by atoms with van der Waals surface area (Å²) in [5.74, 6) is -0.115. The fraction of sp³-hybridized carbons (Fsp3) is 0.318. The van der Waals surface area contributed by atoms with Crippen molar-refractivity contribution in [2.75, 3.05) is 6.54 Å². The van der Waals surface area contributed by atoms with E-state index in [1.165, 1.54) is 17.0 Å². The summed E-state index contributed by atoms with van der Waals surface area (Å²) in [6.45, 7) is 10.8. The highest BCUT2D eigenvalue weighted by molar-refractivity contribution is 7.09. The Morgan fingerprint density at radius 2 is 2.18 bits per heavy atom. The average molecular weight is 402 g/mol. The molecule has 0 radical (unpaired) electrons. The van der Waals surface area contributed by atoms with Gasteiger partial charge in [0.15, 0.2) is 11.6 Å². The van der Waals surface area contributed by atoms with Crippen LogP contribution in [0, 0.1) is 5.82 Å². The first-order valence-corrected chi connectivity index (χ1v) is 10.0. The number of thiophene rings is 1. The summed E-state index contributed by atoms with van der Waals surface area (Å²) in [6, 6.07) is 9.07. The zero-order valence-electron chi connectivity index (χ0n) is 16.7. The fourth-order valence-electron chi connectivity index (χ4n) is 2.20. The normalized spacial score (nSPS) is 12.9. The molecule has 1 aromatic carbocycles. The third-order valence-corrected chi connectivity index (χ3v) is 5.18. The Labute approximate surface area is 170 Å². The van der Waals surface area contributed by atoms with Crippen LogP contribution in [-0.2, 0) is 13.0 Å². The molecule has 2 aromatic rings. The highest BCUT2D eigenvalue weighted by atomic mass is 32.1. The van der Waals surface area contributed by atoms with Crippen LogP contribution < -0.4 is 15.8 Å². The van der Waals surface area contributed by atoms with Gasteiger partial charge in [0.25, 0.3) is 0 Å². The number of aliphatic imine (C=N–C) groups is 1. The third-order valence-electron chi connectivity index (χ3n) is 4.24. The zero-order chi connectivity index (χ0) is 20.6. The van der Waals surface area contributed by atoms with Gasteiger partial charge in [0.1, 0.15) is 0 Å². The first kappa shape index (κ1) is 22.0. The molecule has 0 atom stereocenters. The van der Waals surface area contributed by atoms with E-state index in [0.29, 0.717) is 6.54 Å². The topological polar surface area (TPSA) is 59.6 Å². The van der Waals surface area contributed by atoms with Crippen molar-refractivity contribution in [1.82, 2.24) is 5.32 Å². The van der Waals surface area contributed by atoms with Gasteiger partial charge in [-0.15, -0.1) is 11.3 Å². The van der Waals surface area contributed by atoms with E-state index >= 15 is 0 Å². The molecule has 1 heterocycles. The fourth-order valence-corrected chi connectivity index (χ4v) is 2.91. The average Bonchev–Trinajstić information content (AvgIpc) is 3.16. The Morgan fingerprint density at radius 1 is 1.39 bits per heavy atom. The van der Waals surface area contributed by atoms with Gasteiger partial charge in [-0.1, -0.05) is 18.7 Å². The number of rotatable bonds is 9. The molecule has 4 nitrogen and oxygen atoms in total. The van der Waals surface area contributed by atoms with Crippen LogP contribution in [0.4, 0.5) is 4.39 Å². The standard InChI is InChI=1S/C22H28FN3OS/c1-5-21(26-14-16(2)22(3,4)24)27-20-9-8-17(13-19(20)23)15-25-11-10-18-7-6-12-28-18/h5-9,12-14,25H,1,10-11,15,24H2,2-4H3/b16-14+,26-21?. The van der Waals surface area contributed by atoms with Gasteiger partial charge in [-0.05, 0) is 68.0 Å². The SMILES string of the molecule is C=CC(=N/C=C(\C)C(C)(C)N)Oc1ccc(CNCCc2cccs2)cc1F. The summed E-state index contributed by atoms with van der Waals surface area (Å²) in [4.78, 5) is 5.54. The monoisotopic (exact) mass is 401 g/mol. The van der Waals surface area contributed by atoms with Gasteiger partial charge >= 0.3 is 0 Å². The second-order valence-electron chi connectivity index (χ2n) is 7.08. The van der Waals surface area contributed by atoms with E-state index in [1.54, 1.807) is 23.6 Å². The first-order chi connectivity index (χ1) is 13.3. The van der Waals surface area contributed by atoms with E-state index in [2.05, 4.69) is 28.3 Å². The predicted molar refractivity (Wildman–Crippen MR) is 116 cm³/mol. The van der Waals surface area contributed by atoms with E-state index in [-0.39, 0.29) is 11.6 Å². The maximum atomic E-state index is 14.4. The number of nitrogens with zero attached hydrogens (tertiary/aromatic N) is 1. The van der Waals surface area contributed by atoms with Gasteiger partial charge < -0.3 is 15.8 Å². The van der Waals surface area contributed by atoms with Crippen LogP contribution in [0.25, 0.3) is 0 Å². The molecule has 0 saturated carbocycles. The smallest absolute Gasteiger partial charge is 0.218 e. The van der Waals surface area contributed by atoms with Crippen LogP contribution in [0.2, 0.25) is 0 Å². The highest BCUT2D eigenvalue weighted by Gasteiger charge is 2.13. The van der Waals surface area contributed by atoms with Crippen LogP contribution >= 0.6 is 11.3 Å². The number of hydrogen-bond acceptors (Lipinski definition) is 5. The molecule has 28 heavy (non-hydrogen) atoms. The molecule has 0 aliphatic rings. The summed E-state index contributed by atoms with van der Waals surface area (Å²) in [5.41, 5.74) is 7.25. The molecule has 1 aromatic heterocycles. The van der Waals surface area contributed by atoms with E-state index in [1.807, 2.05) is 32.9 Å².